The van der Waals surface area contributed by atoms with Gasteiger partial charge in [-0.15, -0.1) is 0 Å². The van der Waals surface area contributed by atoms with Crippen LogP contribution in [0.4, 0.5) is 0 Å². The number of rotatable bonds is 5. The SMILES string of the molecule is CCNCC(=CC1CCCC(C)C1)CC. The Labute approximate surface area is 95.3 Å². The van der Waals surface area contributed by atoms with Crippen LogP contribution in [0, 0.1) is 11.8 Å². The molecule has 1 heteroatoms. The van der Waals surface area contributed by atoms with Crippen LogP contribution in [0.3, 0.4) is 0 Å². The Morgan fingerprint density at radius 2 is 2.13 bits per heavy atom. The summed E-state index contributed by atoms with van der Waals surface area (Å²) in [5, 5.41) is 3.43. The summed E-state index contributed by atoms with van der Waals surface area (Å²) in [4.78, 5) is 0. The van der Waals surface area contributed by atoms with Crippen molar-refractivity contribution in [2.24, 2.45) is 11.8 Å². The molecule has 2 atom stereocenters. The Hall–Kier alpha value is -0.300. The predicted octanol–water partition coefficient (Wildman–Crippen LogP) is 3.76. The highest BCUT2D eigenvalue weighted by Gasteiger charge is 2.17. The molecule has 0 amide bonds. The minimum atomic E-state index is 0.863. The van der Waals surface area contributed by atoms with Gasteiger partial charge in [0.25, 0.3) is 0 Å². The second-order valence-electron chi connectivity index (χ2n) is 4.99. The maximum Gasteiger partial charge on any atom is 0.0164 e. The molecule has 1 saturated carbocycles. The summed E-state index contributed by atoms with van der Waals surface area (Å²) in [6.45, 7) is 9.03. The van der Waals surface area contributed by atoms with Crippen LogP contribution in [0.2, 0.25) is 0 Å². The zero-order valence-electron chi connectivity index (χ0n) is 10.7. The minimum Gasteiger partial charge on any atom is -0.313 e. The number of nitrogens with one attached hydrogen (secondary N) is 1. The summed E-state index contributed by atoms with van der Waals surface area (Å²) in [5.74, 6) is 1.81. The highest BCUT2D eigenvalue weighted by atomic mass is 14.8. The quantitative estimate of drug-likeness (QED) is 0.680. The van der Waals surface area contributed by atoms with E-state index in [0.29, 0.717) is 0 Å². The third-order valence-electron chi connectivity index (χ3n) is 3.50. The highest BCUT2D eigenvalue weighted by Crippen LogP contribution is 2.30. The van der Waals surface area contributed by atoms with Crippen molar-refractivity contribution in [1.29, 1.82) is 0 Å². The standard InChI is InChI=1S/C14H27N/c1-4-13(11-15-5-2)10-14-8-6-7-12(3)9-14/h10,12,14-15H,4-9,11H2,1-3H3. The Kier molecular flexibility index (Phi) is 6.00. The maximum atomic E-state index is 3.43. The van der Waals surface area contributed by atoms with Crippen molar-refractivity contribution in [3.05, 3.63) is 11.6 Å². The van der Waals surface area contributed by atoms with Crippen molar-refractivity contribution in [1.82, 2.24) is 5.32 Å². The molecule has 0 aliphatic heterocycles. The number of hydrogen-bond acceptors (Lipinski definition) is 1. The van der Waals surface area contributed by atoms with Crippen molar-refractivity contribution in [3.63, 3.8) is 0 Å². The fourth-order valence-corrected chi connectivity index (χ4v) is 2.55. The van der Waals surface area contributed by atoms with Gasteiger partial charge in [0.1, 0.15) is 0 Å². The predicted molar refractivity (Wildman–Crippen MR) is 68.0 cm³/mol. The van der Waals surface area contributed by atoms with E-state index < -0.39 is 0 Å². The number of hydrogen-bond donors (Lipinski definition) is 1. The molecule has 88 valence electrons. The van der Waals surface area contributed by atoms with Gasteiger partial charge in [-0.05, 0) is 37.6 Å². The van der Waals surface area contributed by atoms with Gasteiger partial charge in [0.15, 0.2) is 0 Å². The van der Waals surface area contributed by atoms with Crippen molar-refractivity contribution in [2.45, 2.75) is 52.9 Å². The van der Waals surface area contributed by atoms with Crippen molar-refractivity contribution in [3.8, 4) is 0 Å². The molecular formula is C14H27N. The number of allylic oxidation sites excluding steroid dienone is 1. The van der Waals surface area contributed by atoms with Gasteiger partial charge < -0.3 is 5.32 Å². The fraction of sp³-hybridized carbons (Fsp3) is 0.857. The Morgan fingerprint density at radius 1 is 1.33 bits per heavy atom. The molecule has 0 heterocycles. The van der Waals surface area contributed by atoms with Crippen LogP contribution in [0.15, 0.2) is 11.6 Å². The minimum absolute atomic E-state index is 0.863. The van der Waals surface area contributed by atoms with Crippen LogP contribution >= 0.6 is 0 Å². The smallest absolute Gasteiger partial charge is 0.0164 e. The molecule has 2 unspecified atom stereocenters. The second-order valence-corrected chi connectivity index (χ2v) is 4.99. The van der Waals surface area contributed by atoms with E-state index >= 15 is 0 Å². The van der Waals surface area contributed by atoms with Crippen LogP contribution in [0.25, 0.3) is 0 Å². The normalized spacial score (nSPS) is 28.1. The first kappa shape index (κ1) is 12.8. The maximum absolute atomic E-state index is 3.43. The van der Waals surface area contributed by atoms with E-state index in [4.69, 9.17) is 0 Å². The van der Waals surface area contributed by atoms with Gasteiger partial charge in [0.2, 0.25) is 0 Å². The third kappa shape index (κ3) is 4.83. The van der Waals surface area contributed by atoms with E-state index in [1.54, 1.807) is 5.57 Å². The van der Waals surface area contributed by atoms with E-state index in [1.807, 2.05) is 0 Å². The monoisotopic (exact) mass is 209 g/mol. The molecule has 1 aliphatic carbocycles. The van der Waals surface area contributed by atoms with Crippen LogP contribution in [0.5, 0.6) is 0 Å². The van der Waals surface area contributed by atoms with E-state index in [-0.39, 0.29) is 0 Å². The molecule has 15 heavy (non-hydrogen) atoms. The molecule has 0 aromatic rings. The first-order chi connectivity index (χ1) is 7.26. The van der Waals surface area contributed by atoms with E-state index in [0.717, 1.165) is 24.9 Å². The zero-order valence-corrected chi connectivity index (χ0v) is 10.7. The summed E-state index contributed by atoms with van der Waals surface area (Å²) in [5.41, 5.74) is 1.61. The Balaban J connectivity index is 2.42. The molecule has 0 bridgehead atoms. The molecule has 1 nitrogen and oxygen atoms in total. The van der Waals surface area contributed by atoms with Gasteiger partial charge >= 0.3 is 0 Å². The topological polar surface area (TPSA) is 12.0 Å². The number of likely N-dealkylation sites (N-methyl/N-ethyl adjacent to an activating group) is 1. The first-order valence-corrected chi connectivity index (χ1v) is 6.66. The highest BCUT2D eigenvalue weighted by molar-refractivity contribution is 5.06. The van der Waals surface area contributed by atoms with Gasteiger partial charge in [-0.1, -0.05) is 45.3 Å². The lowest BCUT2D eigenvalue weighted by atomic mass is 9.81. The van der Waals surface area contributed by atoms with Gasteiger partial charge in [-0.2, -0.15) is 0 Å². The van der Waals surface area contributed by atoms with Gasteiger partial charge in [0, 0.05) is 6.54 Å². The molecule has 0 spiro atoms. The Morgan fingerprint density at radius 3 is 2.73 bits per heavy atom. The molecule has 0 radical (unpaired) electrons. The molecule has 0 aromatic carbocycles. The summed E-state index contributed by atoms with van der Waals surface area (Å²) in [6, 6.07) is 0. The van der Waals surface area contributed by atoms with Gasteiger partial charge in [-0.25, -0.2) is 0 Å². The second kappa shape index (κ2) is 7.05. The summed E-state index contributed by atoms with van der Waals surface area (Å²) in [7, 11) is 0. The molecule has 1 fully saturated rings. The molecule has 1 aliphatic rings. The van der Waals surface area contributed by atoms with Crippen molar-refractivity contribution < 1.29 is 0 Å². The van der Waals surface area contributed by atoms with Crippen LogP contribution in [-0.4, -0.2) is 13.1 Å². The Bertz CT molecular complexity index is 196. The van der Waals surface area contributed by atoms with Gasteiger partial charge in [0.05, 0.1) is 0 Å². The summed E-state index contributed by atoms with van der Waals surface area (Å²) in [6.07, 6.45) is 9.46. The fourth-order valence-electron chi connectivity index (χ4n) is 2.55. The average Bonchev–Trinajstić information content (AvgIpc) is 2.24. The first-order valence-electron chi connectivity index (χ1n) is 6.66. The van der Waals surface area contributed by atoms with Crippen LogP contribution < -0.4 is 5.32 Å². The zero-order chi connectivity index (χ0) is 11.1. The van der Waals surface area contributed by atoms with E-state index in [2.05, 4.69) is 32.2 Å². The van der Waals surface area contributed by atoms with E-state index in [9.17, 15) is 0 Å². The third-order valence-corrected chi connectivity index (χ3v) is 3.50. The van der Waals surface area contributed by atoms with Crippen LogP contribution in [0.1, 0.15) is 52.9 Å². The molecular weight excluding hydrogens is 182 g/mol. The molecule has 1 N–H and O–H groups in total. The summed E-state index contributed by atoms with van der Waals surface area (Å²) < 4.78 is 0. The van der Waals surface area contributed by atoms with Crippen molar-refractivity contribution >= 4 is 0 Å². The average molecular weight is 209 g/mol. The lowest BCUT2D eigenvalue weighted by Gasteiger charge is -2.25. The van der Waals surface area contributed by atoms with Crippen molar-refractivity contribution in [2.75, 3.05) is 13.1 Å². The van der Waals surface area contributed by atoms with Gasteiger partial charge in [-0.3, -0.25) is 0 Å². The largest absolute Gasteiger partial charge is 0.313 e. The molecule has 0 saturated heterocycles. The molecule has 1 rings (SSSR count). The van der Waals surface area contributed by atoms with Crippen LogP contribution in [-0.2, 0) is 0 Å². The molecule has 0 aromatic heterocycles. The lowest BCUT2D eigenvalue weighted by molar-refractivity contribution is 0.324. The van der Waals surface area contributed by atoms with E-state index in [1.165, 1.54) is 32.1 Å². The summed E-state index contributed by atoms with van der Waals surface area (Å²) >= 11 is 0. The lowest BCUT2D eigenvalue weighted by Crippen LogP contribution is -2.18.